The number of fused-ring (bicyclic) bond motifs is 1. The van der Waals surface area contributed by atoms with Crippen molar-refractivity contribution in [2.45, 2.75) is 12.5 Å². The molecule has 0 aromatic heterocycles. The Hall–Kier alpha value is -2.60. The molecule has 2 aliphatic rings. The Labute approximate surface area is 146 Å². The molecule has 0 aliphatic carbocycles. The SMILES string of the molecule is O=C(N[C@H]1CCOC1)N1CCN(c2ccc(F)cc2)c2ccccc21. The third-order valence-electron chi connectivity index (χ3n) is 4.65. The minimum atomic E-state index is -0.256. The first-order valence-corrected chi connectivity index (χ1v) is 8.50. The van der Waals surface area contributed by atoms with Gasteiger partial charge in [-0.2, -0.15) is 0 Å². The van der Waals surface area contributed by atoms with Gasteiger partial charge in [-0.25, -0.2) is 9.18 Å². The van der Waals surface area contributed by atoms with Crippen LogP contribution in [-0.2, 0) is 4.74 Å². The lowest BCUT2D eigenvalue weighted by molar-refractivity contribution is 0.189. The molecular weight excluding hydrogens is 321 g/mol. The Morgan fingerprint density at radius 2 is 1.84 bits per heavy atom. The van der Waals surface area contributed by atoms with E-state index in [1.165, 1.54) is 12.1 Å². The molecule has 1 saturated heterocycles. The predicted octanol–water partition coefficient (Wildman–Crippen LogP) is 3.28. The van der Waals surface area contributed by atoms with Crippen molar-refractivity contribution in [3.05, 3.63) is 54.3 Å². The highest BCUT2D eigenvalue weighted by molar-refractivity contribution is 5.98. The number of amides is 2. The number of para-hydroxylation sites is 2. The molecular formula is C19H20FN3O2. The van der Waals surface area contributed by atoms with Gasteiger partial charge in [0.1, 0.15) is 5.82 Å². The summed E-state index contributed by atoms with van der Waals surface area (Å²) in [7, 11) is 0. The van der Waals surface area contributed by atoms with Gasteiger partial charge in [-0.1, -0.05) is 12.1 Å². The van der Waals surface area contributed by atoms with Crippen molar-refractivity contribution < 1.29 is 13.9 Å². The number of carbonyl (C=O) groups is 1. The van der Waals surface area contributed by atoms with E-state index in [-0.39, 0.29) is 17.9 Å². The van der Waals surface area contributed by atoms with E-state index >= 15 is 0 Å². The summed E-state index contributed by atoms with van der Waals surface area (Å²) in [5.41, 5.74) is 2.71. The molecule has 130 valence electrons. The van der Waals surface area contributed by atoms with E-state index in [4.69, 9.17) is 4.74 Å². The lowest BCUT2D eigenvalue weighted by Crippen LogP contribution is -2.50. The standard InChI is InChI=1S/C19H20FN3O2/c20-14-5-7-16(8-6-14)22-10-11-23(18-4-2-1-3-17(18)22)19(24)21-15-9-12-25-13-15/h1-8,15H,9-13H2,(H,21,24)/t15-/m0/s1. The van der Waals surface area contributed by atoms with E-state index in [9.17, 15) is 9.18 Å². The summed E-state index contributed by atoms with van der Waals surface area (Å²) in [6.07, 6.45) is 0.850. The second kappa shape index (κ2) is 6.72. The molecule has 1 fully saturated rings. The number of nitrogens with one attached hydrogen (secondary N) is 1. The fourth-order valence-corrected chi connectivity index (χ4v) is 3.36. The molecule has 5 nitrogen and oxygen atoms in total. The molecule has 2 aliphatic heterocycles. The smallest absolute Gasteiger partial charge is 0.322 e. The van der Waals surface area contributed by atoms with Crippen molar-refractivity contribution in [2.24, 2.45) is 0 Å². The number of hydrogen-bond acceptors (Lipinski definition) is 3. The number of nitrogens with zero attached hydrogens (tertiary/aromatic N) is 2. The molecule has 0 saturated carbocycles. The molecule has 4 rings (SSSR count). The summed E-state index contributed by atoms with van der Waals surface area (Å²) in [5.74, 6) is -0.256. The van der Waals surface area contributed by atoms with Gasteiger partial charge in [0, 0.05) is 25.4 Å². The van der Waals surface area contributed by atoms with E-state index in [1.54, 1.807) is 17.0 Å². The van der Waals surface area contributed by atoms with Crippen LogP contribution in [0.3, 0.4) is 0 Å². The number of urea groups is 1. The van der Waals surface area contributed by atoms with Gasteiger partial charge < -0.3 is 15.0 Å². The van der Waals surface area contributed by atoms with Gasteiger partial charge >= 0.3 is 6.03 Å². The molecule has 0 unspecified atom stereocenters. The summed E-state index contributed by atoms with van der Waals surface area (Å²) in [6, 6.07) is 14.2. The molecule has 25 heavy (non-hydrogen) atoms. The number of rotatable bonds is 2. The number of ether oxygens (including phenoxy) is 1. The first-order chi connectivity index (χ1) is 12.2. The van der Waals surface area contributed by atoms with Crippen LogP contribution >= 0.6 is 0 Å². The zero-order valence-electron chi connectivity index (χ0n) is 13.8. The maximum atomic E-state index is 13.2. The number of benzene rings is 2. The molecule has 0 radical (unpaired) electrons. The Bertz CT molecular complexity index is 760. The first-order valence-electron chi connectivity index (χ1n) is 8.50. The molecule has 2 heterocycles. The summed E-state index contributed by atoms with van der Waals surface area (Å²) in [5, 5.41) is 3.05. The summed E-state index contributed by atoms with van der Waals surface area (Å²) >= 11 is 0. The minimum absolute atomic E-state index is 0.0785. The van der Waals surface area contributed by atoms with Gasteiger partial charge in [0.05, 0.1) is 24.0 Å². The van der Waals surface area contributed by atoms with Crippen LogP contribution in [0.4, 0.5) is 26.2 Å². The average Bonchev–Trinajstić information content (AvgIpc) is 3.14. The zero-order chi connectivity index (χ0) is 17.2. The molecule has 1 N–H and O–H groups in total. The highest BCUT2D eigenvalue weighted by Crippen LogP contribution is 2.37. The summed E-state index contributed by atoms with van der Waals surface area (Å²) < 4.78 is 18.5. The largest absolute Gasteiger partial charge is 0.379 e. The molecule has 2 aromatic rings. The molecule has 2 aromatic carbocycles. The third-order valence-corrected chi connectivity index (χ3v) is 4.65. The Morgan fingerprint density at radius 1 is 1.08 bits per heavy atom. The minimum Gasteiger partial charge on any atom is -0.379 e. The van der Waals surface area contributed by atoms with E-state index < -0.39 is 0 Å². The molecule has 0 spiro atoms. The van der Waals surface area contributed by atoms with E-state index in [1.807, 2.05) is 24.3 Å². The van der Waals surface area contributed by atoms with Crippen LogP contribution in [0, 0.1) is 5.82 Å². The lowest BCUT2D eigenvalue weighted by Gasteiger charge is -2.38. The van der Waals surface area contributed by atoms with Gasteiger partial charge in [0.15, 0.2) is 0 Å². The third kappa shape index (κ3) is 3.17. The normalized spacial score (nSPS) is 19.6. The zero-order valence-corrected chi connectivity index (χ0v) is 13.8. The van der Waals surface area contributed by atoms with E-state index in [0.29, 0.717) is 26.3 Å². The van der Waals surface area contributed by atoms with Gasteiger partial charge in [-0.05, 0) is 42.8 Å². The van der Waals surface area contributed by atoms with Gasteiger partial charge in [0.25, 0.3) is 0 Å². The van der Waals surface area contributed by atoms with E-state index in [0.717, 1.165) is 23.5 Å². The van der Waals surface area contributed by atoms with Crippen molar-refractivity contribution in [3.8, 4) is 0 Å². The number of anilines is 3. The fourth-order valence-electron chi connectivity index (χ4n) is 3.36. The monoisotopic (exact) mass is 341 g/mol. The van der Waals surface area contributed by atoms with Crippen LogP contribution in [0.15, 0.2) is 48.5 Å². The quantitative estimate of drug-likeness (QED) is 0.912. The van der Waals surface area contributed by atoms with Crippen molar-refractivity contribution in [1.82, 2.24) is 5.32 Å². The molecule has 1 atom stereocenters. The summed E-state index contributed by atoms with van der Waals surface area (Å²) in [6.45, 7) is 2.48. The first kappa shape index (κ1) is 15.9. The Morgan fingerprint density at radius 3 is 2.56 bits per heavy atom. The van der Waals surface area contributed by atoms with Crippen LogP contribution in [0.25, 0.3) is 0 Å². The highest BCUT2D eigenvalue weighted by atomic mass is 19.1. The Kier molecular flexibility index (Phi) is 4.28. The van der Waals surface area contributed by atoms with Gasteiger partial charge in [-0.15, -0.1) is 0 Å². The second-order valence-electron chi connectivity index (χ2n) is 6.28. The average molecular weight is 341 g/mol. The number of carbonyl (C=O) groups excluding carboxylic acids is 1. The number of hydrogen-bond donors (Lipinski definition) is 1. The highest BCUT2D eigenvalue weighted by Gasteiger charge is 2.29. The number of halogens is 1. The fraction of sp³-hybridized carbons (Fsp3) is 0.316. The van der Waals surface area contributed by atoms with Crippen LogP contribution in [0.1, 0.15) is 6.42 Å². The second-order valence-corrected chi connectivity index (χ2v) is 6.28. The molecule has 2 amide bonds. The maximum absolute atomic E-state index is 13.2. The van der Waals surface area contributed by atoms with Crippen LogP contribution in [-0.4, -0.2) is 38.4 Å². The van der Waals surface area contributed by atoms with Crippen molar-refractivity contribution in [3.63, 3.8) is 0 Å². The summed E-state index contributed by atoms with van der Waals surface area (Å²) in [4.78, 5) is 16.6. The van der Waals surface area contributed by atoms with Crippen molar-refractivity contribution in [2.75, 3.05) is 36.1 Å². The predicted molar refractivity (Wildman–Crippen MR) is 94.9 cm³/mol. The topological polar surface area (TPSA) is 44.8 Å². The molecule has 6 heteroatoms. The van der Waals surface area contributed by atoms with Crippen molar-refractivity contribution in [1.29, 1.82) is 0 Å². The van der Waals surface area contributed by atoms with Gasteiger partial charge in [0.2, 0.25) is 0 Å². The van der Waals surface area contributed by atoms with E-state index in [2.05, 4.69) is 10.2 Å². The Balaban J connectivity index is 1.60. The van der Waals surface area contributed by atoms with Crippen LogP contribution in [0.5, 0.6) is 0 Å². The van der Waals surface area contributed by atoms with Gasteiger partial charge in [-0.3, -0.25) is 4.90 Å². The van der Waals surface area contributed by atoms with Crippen LogP contribution < -0.4 is 15.1 Å². The molecule has 0 bridgehead atoms. The van der Waals surface area contributed by atoms with Crippen LogP contribution in [0.2, 0.25) is 0 Å². The maximum Gasteiger partial charge on any atom is 0.322 e. The lowest BCUT2D eigenvalue weighted by atomic mass is 10.1. The van der Waals surface area contributed by atoms with Crippen molar-refractivity contribution >= 4 is 23.1 Å².